The van der Waals surface area contributed by atoms with Crippen molar-refractivity contribution in [2.45, 2.75) is 27.2 Å². The van der Waals surface area contributed by atoms with E-state index in [1.54, 1.807) is 4.90 Å². The van der Waals surface area contributed by atoms with Gasteiger partial charge in [-0.1, -0.05) is 37.8 Å². The lowest BCUT2D eigenvalue weighted by Crippen LogP contribution is -2.35. The van der Waals surface area contributed by atoms with Gasteiger partial charge < -0.3 is 4.90 Å². The van der Waals surface area contributed by atoms with Gasteiger partial charge in [-0.2, -0.15) is 0 Å². The minimum atomic E-state index is 0.0679. The molecule has 1 amide bonds. The van der Waals surface area contributed by atoms with E-state index in [1.165, 1.54) is 18.2 Å². The Morgan fingerprint density at radius 1 is 1.39 bits per heavy atom. The Hall–Kier alpha value is -0.550. The van der Waals surface area contributed by atoms with Gasteiger partial charge >= 0.3 is 0 Å². The molecule has 5 heteroatoms. The van der Waals surface area contributed by atoms with Crippen molar-refractivity contribution >= 4 is 34.2 Å². The molecule has 0 aliphatic carbocycles. The second kappa shape index (κ2) is 5.61. The summed E-state index contributed by atoms with van der Waals surface area (Å²) in [7, 11) is 0. The molecular weight excluding hydrogens is 264 g/mol. The zero-order valence-corrected chi connectivity index (χ0v) is 12.8. The van der Waals surface area contributed by atoms with E-state index in [2.05, 4.69) is 18.7 Å². The molecule has 2 aliphatic heterocycles. The van der Waals surface area contributed by atoms with Gasteiger partial charge in [0, 0.05) is 25.8 Å². The molecule has 0 saturated carbocycles. The van der Waals surface area contributed by atoms with Gasteiger partial charge in [-0.05, 0) is 25.2 Å². The van der Waals surface area contributed by atoms with E-state index in [4.69, 9.17) is 12.2 Å². The molecule has 2 fully saturated rings. The number of amides is 1. The number of likely N-dealkylation sites (N-methyl/N-ethyl adjacent to an activating group) is 1. The molecule has 0 aromatic rings. The summed E-state index contributed by atoms with van der Waals surface area (Å²) in [6.45, 7) is 9.25. The minimum Gasteiger partial charge on any atom is -0.376 e. The largest absolute Gasteiger partial charge is 0.376 e. The third-order valence-corrected chi connectivity index (χ3v) is 4.75. The molecule has 0 aromatic carbocycles. The van der Waals surface area contributed by atoms with Gasteiger partial charge in [0.1, 0.15) is 4.32 Å². The van der Waals surface area contributed by atoms with Crippen LogP contribution in [0.1, 0.15) is 27.2 Å². The molecule has 3 nitrogen and oxygen atoms in total. The van der Waals surface area contributed by atoms with Gasteiger partial charge in [0.05, 0.1) is 4.91 Å². The first-order chi connectivity index (χ1) is 8.51. The molecule has 0 N–H and O–H groups in total. The Labute approximate surface area is 119 Å². The number of piperidine rings is 1. The lowest BCUT2D eigenvalue weighted by Gasteiger charge is -2.34. The summed E-state index contributed by atoms with van der Waals surface area (Å²) in [5, 5.41) is 0. The number of likely N-dealkylation sites (tertiary alicyclic amines) is 1. The Bertz CT molecular complexity index is 384. The second-order valence-corrected chi connectivity index (χ2v) is 6.99. The maximum atomic E-state index is 12.1. The fourth-order valence-corrected chi connectivity index (χ4v) is 4.14. The molecule has 18 heavy (non-hydrogen) atoms. The van der Waals surface area contributed by atoms with E-state index < -0.39 is 0 Å². The predicted molar refractivity (Wildman–Crippen MR) is 80.2 cm³/mol. The molecule has 0 spiro atoms. The van der Waals surface area contributed by atoms with Crippen LogP contribution in [0.25, 0.3) is 0 Å². The summed E-state index contributed by atoms with van der Waals surface area (Å²) >= 11 is 6.65. The van der Waals surface area contributed by atoms with Crippen molar-refractivity contribution in [2.24, 2.45) is 11.8 Å². The fraction of sp³-hybridized carbons (Fsp3) is 0.692. The lowest BCUT2D eigenvalue weighted by atomic mass is 9.92. The Morgan fingerprint density at radius 3 is 2.50 bits per heavy atom. The summed E-state index contributed by atoms with van der Waals surface area (Å²) in [5.74, 6) is 1.46. The molecule has 0 aromatic heterocycles. The summed E-state index contributed by atoms with van der Waals surface area (Å²) in [4.78, 5) is 16.8. The molecular formula is C13H20N2OS2. The molecule has 2 atom stereocenters. The molecule has 2 heterocycles. The number of nitrogens with zero attached hydrogens (tertiary/aromatic N) is 2. The Balaban J connectivity index is 2.09. The van der Waals surface area contributed by atoms with Crippen molar-refractivity contribution in [3.63, 3.8) is 0 Å². The first kappa shape index (κ1) is 13.9. The van der Waals surface area contributed by atoms with Crippen LogP contribution in [0.4, 0.5) is 0 Å². The number of carbonyl (C=O) groups is 1. The zero-order valence-electron chi connectivity index (χ0n) is 11.2. The predicted octanol–water partition coefficient (Wildman–Crippen LogP) is 2.69. The van der Waals surface area contributed by atoms with Gasteiger partial charge in [-0.25, -0.2) is 0 Å². The molecule has 100 valence electrons. The normalized spacial score (nSPS) is 31.6. The van der Waals surface area contributed by atoms with Crippen LogP contribution in [0.15, 0.2) is 11.1 Å². The standard InChI is InChI=1S/C13H20N2OS2/c1-4-15-12(16)11(18-13(15)17)8-14-6-9(2)5-10(3)7-14/h8-10H,4-7H2,1-3H3/b11-8-/t9-,10+. The van der Waals surface area contributed by atoms with Crippen LogP contribution in [-0.2, 0) is 4.79 Å². The van der Waals surface area contributed by atoms with Crippen LogP contribution >= 0.6 is 24.0 Å². The van der Waals surface area contributed by atoms with Gasteiger partial charge in [0.25, 0.3) is 5.91 Å². The number of rotatable bonds is 2. The van der Waals surface area contributed by atoms with Crippen molar-refractivity contribution in [3.8, 4) is 0 Å². The van der Waals surface area contributed by atoms with Crippen LogP contribution in [-0.4, -0.2) is 39.7 Å². The summed E-state index contributed by atoms with van der Waals surface area (Å²) in [6, 6.07) is 0. The highest BCUT2D eigenvalue weighted by atomic mass is 32.2. The molecule has 2 aliphatic rings. The zero-order chi connectivity index (χ0) is 13.3. The molecule has 0 bridgehead atoms. The van der Waals surface area contributed by atoms with Crippen LogP contribution in [0.2, 0.25) is 0 Å². The summed E-state index contributed by atoms with van der Waals surface area (Å²) < 4.78 is 0.687. The van der Waals surface area contributed by atoms with Crippen molar-refractivity contribution in [2.75, 3.05) is 19.6 Å². The SMILES string of the molecule is CCN1C(=O)/C(=C/N2C[C@H](C)C[C@H](C)C2)SC1=S. The third kappa shape index (κ3) is 2.88. The number of hydrogen-bond donors (Lipinski definition) is 0. The second-order valence-electron chi connectivity index (χ2n) is 5.31. The smallest absolute Gasteiger partial charge is 0.267 e. The van der Waals surface area contributed by atoms with E-state index in [1.807, 2.05) is 13.1 Å². The quantitative estimate of drug-likeness (QED) is 0.574. The van der Waals surface area contributed by atoms with E-state index >= 15 is 0 Å². The van der Waals surface area contributed by atoms with E-state index in [0.717, 1.165) is 18.0 Å². The highest BCUT2D eigenvalue weighted by molar-refractivity contribution is 8.26. The third-order valence-electron chi connectivity index (χ3n) is 3.39. The number of carbonyl (C=O) groups excluding carboxylic acids is 1. The van der Waals surface area contributed by atoms with Gasteiger partial charge in [-0.3, -0.25) is 9.69 Å². The van der Waals surface area contributed by atoms with E-state index in [-0.39, 0.29) is 5.91 Å². The van der Waals surface area contributed by atoms with Gasteiger partial charge in [0.15, 0.2) is 0 Å². The maximum Gasteiger partial charge on any atom is 0.267 e. The molecule has 0 unspecified atom stereocenters. The number of hydrogen-bond acceptors (Lipinski definition) is 4. The minimum absolute atomic E-state index is 0.0679. The topological polar surface area (TPSA) is 23.6 Å². The number of thiocarbonyl (C=S) groups is 1. The Kier molecular flexibility index (Phi) is 4.33. The van der Waals surface area contributed by atoms with Crippen LogP contribution < -0.4 is 0 Å². The van der Waals surface area contributed by atoms with Crippen molar-refractivity contribution in [1.82, 2.24) is 9.80 Å². The number of thioether (sulfide) groups is 1. The van der Waals surface area contributed by atoms with Crippen LogP contribution in [0.5, 0.6) is 0 Å². The maximum absolute atomic E-state index is 12.1. The highest BCUT2D eigenvalue weighted by Gasteiger charge is 2.32. The molecule has 2 saturated heterocycles. The highest BCUT2D eigenvalue weighted by Crippen LogP contribution is 2.32. The molecule has 0 radical (unpaired) electrons. The first-order valence-corrected chi connectivity index (χ1v) is 7.73. The Morgan fingerprint density at radius 2 is 2.00 bits per heavy atom. The lowest BCUT2D eigenvalue weighted by molar-refractivity contribution is -0.122. The van der Waals surface area contributed by atoms with E-state index in [9.17, 15) is 4.79 Å². The fourth-order valence-electron chi connectivity index (χ4n) is 2.75. The van der Waals surface area contributed by atoms with E-state index in [0.29, 0.717) is 22.7 Å². The first-order valence-electron chi connectivity index (χ1n) is 6.50. The monoisotopic (exact) mass is 284 g/mol. The average molecular weight is 284 g/mol. The van der Waals surface area contributed by atoms with Crippen LogP contribution in [0, 0.1) is 11.8 Å². The van der Waals surface area contributed by atoms with Crippen LogP contribution in [0.3, 0.4) is 0 Å². The van der Waals surface area contributed by atoms with Crippen molar-refractivity contribution < 1.29 is 4.79 Å². The van der Waals surface area contributed by atoms with Gasteiger partial charge in [-0.15, -0.1) is 0 Å². The van der Waals surface area contributed by atoms with Crippen molar-refractivity contribution in [3.05, 3.63) is 11.1 Å². The summed E-state index contributed by atoms with van der Waals surface area (Å²) in [6.07, 6.45) is 3.29. The molecule has 2 rings (SSSR count). The van der Waals surface area contributed by atoms with Gasteiger partial charge in [0.2, 0.25) is 0 Å². The average Bonchev–Trinajstić information content (AvgIpc) is 2.52. The van der Waals surface area contributed by atoms with Crippen molar-refractivity contribution in [1.29, 1.82) is 0 Å². The summed E-state index contributed by atoms with van der Waals surface area (Å²) in [5.41, 5.74) is 0.